The van der Waals surface area contributed by atoms with Gasteiger partial charge in [-0.2, -0.15) is 0 Å². The van der Waals surface area contributed by atoms with Gasteiger partial charge in [0.15, 0.2) is 5.78 Å². The summed E-state index contributed by atoms with van der Waals surface area (Å²) < 4.78 is 5.82. The summed E-state index contributed by atoms with van der Waals surface area (Å²) >= 11 is 0. The van der Waals surface area contributed by atoms with E-state index >= 15 is 0 Å². The van der Waals surface area contributed by atoms with Crippen molar-refractivity contribution >= 4 is 16.6 Å². The minimum Gasteiger partial charge on any atom is -0.489 e. The molecule has 0 unspecified atom stereocenters. The quantitative estimate of drug-likeness (QED) is 0.837. The number of ketones is 1. The van der Waals surface area contributed by atoms with Gasteiger partial charge in [-0.3, -0.25) is 4.79 Å². The van der Waals surface area contributed by atoms with Crippen LogP contribution in [-0.2, 0) is 0 Å². The highest BCUT2D eigenvalue weighted by Crippen LogP contribution is 2.23. The Kier molecular flexibility index (Phi) is 4.17. The van der Waals surface area contributed by atoms with Gasteiger partial charge in [0.2, 0.25) is 0 Å². The summed E-state index contributed by atoms with van der Waals surface area (Å²) in [5.41, 5.74) is 0.730. The molecule has 1 atom stereocenters. The molecule has 0 saturated heterocycles. The largest absolute Gasteiger partial charge is 0.489 e. The molecule has 2 aromatic rings. The summed E-state index contributed by atoms with van der Waals surface area (Å²) in [5.74, 6) is 0.910. The van der Waals surface area contributed by atoms with Gasteiger partial charge in [-0.1, -0.05) is 18.2 Å². The first-order valence-corrected chi connectivity index (χ1v) is 6.46. The van der Waals surface area contributed by atoms with E-state index in [9.17, 15) is 4.79 Å². The molecule has 1 N–H and O–H groups in total. The molecule has 19 heavy (non-hydrogen) atoms. The lowest BCUT2D eigenvalue weighted by atomic mass is 10.0. The van der Waals surface area contributed by atoms with Crippen molar-refractivity contribution in [3.05, 3.63) is 42.0 Å². The predicted molar refractivity (Wildman–Crippen MR) is 78.0 cm³/mol. The Bertz CT molecular complexity index is 592. The first-order chi connectivity index (χ1) is 9.10. The molecule has 0 aliphatic heterocycles. The summed E-state index contributed by atoms with van der Waals surface area (Å²) in [5, 5.41) is 5.22. The van der Waals surface area contributed by atoms with E-state index in [1.807, 2.05) is 50.4 Å². The first-order valence-electron chi connectivity index (χ1n) is 6.46. The lowest BCUT2D eigenvalue weighted by molar-refractivity contribution is 0.101. The number of fused-ring (bicyclic) bond motifs is 1. The zero-order chi connectivity index (χ0) is 13.8. The third-order valence-corrected chi connectivity index (χ3v) is 3.05. The average Bonchev–Trinajstić information content (AvgIpc) is 2.38. The molecule has 0 spiro atoms. The van der Waals surface area contributed by atoms with Crippen LogP contribution in [0.4, 0.5) is 0 Å². The monoisotopic (exact) mass is 257 g/mol. The number of carbonyl (C=O) groups is 1. The van der Waals surface area contributed by atoms with Crippen LogP contribution < -0.4 is 10.1 Å². The molecule has 0 heterocycles. The smallest absolute Gasteiger partial charge is 0.159 e. The normalized spacial score (nSPS) is 12.4. The zero-order valence-electron chi connectivity index (χ0n) is 11.6. The summed E-state index contributed by atoms with van der Waals surface area (Å²) in [6.45, 7) is 4.40. The Morgan fingerprint density at radius 3 is 2.63 bits per heavy atom. The van der Waals surface area contributed by atoms with Gasteiger partial charge in [-0.05, 0) is 49.9 Å². The highest BCUT2D eigenvalue weighted by molar-refractivity contribution is 5.98. The molecule has 2 rings (SSSR count). The van der Waals surface area contributed by atoms with Gasteiger partial charge in [-0.15, -0.1) is 0 Å². The van der Waals surface area contributed by atoms with Crippen LogP contribution in [0.3, 0.4) is 0 Å². The first kappa shape index (κ1) is 13.6. The van der Waals surface area contributed by atoms with Crippen LogP contribution in [0.1, 0.15) is 24.2 Å². The summed E-state index contributed by atoms with van der Waals surface area (Å²) in [6, 6.07) is 11.7. The SMILES string of the molecule is CNC[C@@H](C)Oc1ccc2ccc(C(C)=O)cc2c1. The number of ether oxygens (including phenoxy) is 1. The minimum absolute atomic E-state index is 0.0803. The Morgan fingerprint density at radius 2 is 1.95 bits per heavy atom. The standard InChI is InChI=1S/C16H19NO2/c1-11(10-17-3)19-16-7-6-13-4-5-14(12(2)18)8-15(13)9-16/h4-9,11,17H,10H2,1-3H3/t11-/m1/s1. The fourth-order valence-corrected chi connectivity index (χ4v) is 2.08. The van der Waals surface area contributed by atoms with Gasteiger partial charge in [0.25, 0.3) is 0 Å². The Labute approximate surface area is 113 Å². The van der Waals surface area contributed by atoms with Gasteiger partial charge < -0.3 is 10.1 Å². The van der Waals surface area contributed by atoms with Crippen LogP contribution in [0.25, 0.3) is 10.8 Å². The van der Waals surface area contributed by atoms with Crippen LogP contribution in [0, 0.1) is 0 Å². The summed E-state index contributed by atoms with van der Waals surface area (Å²) in [7, 11) is 1.90. The molecule has 0 aliphatic rings. The third-order valence-electron chi connectivity index (χ3n) is 3.05. The molecule has 3 heteroatoms. The molecule has 2 aromatic carbocycles. The fourth-order valence-electron chi connectivity index (χ4n) is 2.08. The average molecular weight is 257 g/mol. The van der Waals surface area contributed by atoms with Gasteiger partial charge in [0.1, 0.15) is 11.9 Å². The molecular weight excluding hydrogens is 238 g/mol. The van der Waals surface area contributed by atoms with E-state index in [-0.39, 0.29) is 11.9 Å². The number of hydrogen-bond donors (Lipinski definition) is 1. The van der Waals surface area contributed by atoms with Gasteiger partial charge in [-0.25, -0.2) is 0 Å². The van der Waals surface area contributed by atoms with Crippen molar-refractivity contribution in [2.24, 2.45) is 0 Å². The molecule has 0 aromatic heterocycles. The van der Waals surface area contributed by atoms with Crippen LogP contribution in [-0.4, -0.2) is 25.5 Å². The Hall–Kier alpha value is -1.87. The number of benzene rings is 2. The number of rotatable bonds is 5. The van der Waals surface area contributed by atoms with E-state index in [2.05, 4.69) is 5.32 Å². The molecule has 0 aliphatic carbocycles. The molecular formula is C16H19NO2. The van der Waals surface area contributed by atoms with Crippen molar-refractivity contribution in [1.29, 1.82) is 0 Å². The molecule has 0 radical (unpaired) electrons. The molecule has 0 bridgehead atoms. The highest BCUT2D eigenvalue weighted by Gasteiger charge is 2.05. The van der Waals surface area contributed by atoms with Crippen LogP contribution in [0.15, 0.2) is 36.4 Å². The zero-order valence-corrected chi connectivity index (χ0v) is 11.6. The summed E-state index contributed by atoms with van der Waals surface area (Å²) in [4.78, 5) is 11.4. The molecule has 0 amide bonds. The third kappa shape index (κ3) is 3.32. The van der Waals surface area contributed by atoms with Crippen molar-refractivity contribution in [1.82, 2.24) is 5.32 Å². The number of carbonyl (C=O) groups excluding carboxylic acids is 1. The minimum atomic E-state index is 0.0803. The number of likely N-dealkylation sites (N-methyl/N-ethyl adjacent to an activating group) is 1. The number of hydrogen-bond acceptors (Lipinski definition) is 3. The summed E-state index contributed by atoms with van der Waals surface area (Å²) in [6.07, 6.45) is 0.110. The van der Waals surface area contributed by atoms with Crippen molar-refractivity contribution in [2.45, 2.75) is 20.0 Å². The van der Waals surface area contributed by atoms with E-state index in [0.29, 0.717) is 0 Å². The number of Topliss-reactive ketones (excluding diaryl/α,β-unsaturated/α-hetero) is 1. The lowest BCUT2D eigenvalue weighted by Gasteiger charge is -2.14. The lowest BCUT2D eigenvalue weighted by Crippen LogP contribution is -2.25. The van der Waals surface area contributed by atoms with E-state index in [4.69, 9.17) is 4.74 Å². The maximum absolute atomic E-state index is 11.4. The van der Waals surface area contributed by atoms with Gasteiger partial charge in [0, 0.05) is 12.1 Å². The topological polar surface area (TPSA) is 38.3 Å². The fraction of sp³-hybridized carbons (Fsp3) is 0.312. The van der Waals surface area contributed by atoms with Crippen molar-refractivity contribution in [2.75, 3.05) is 13.6 Å². The van der Waals surface area contributed by atoms with E-state index in [1.165, 1.54) is 0 Å². The maximum atomic E-state index is 11.4. The molecule has 0 fully saturated rings. The van der Waals surface area contributed by atoms with E-state index < -0.39 is 0 Å². The Balaban J connectivity index is 2.30. The second kappa shape index (κ2) is 5.85. The van der Waals surface area contributed by atoms with Crippen LogP contribution in [0.5, 0.6) is 5.75 Å². The maximum Gasteiger partial charge on any atom is 0.159 e. The van der Waals surface area contributed by atoms with Crippen LogP contribution in [0.2, 0.25) is 0 Å². The Morgan fingerprint density at radius 1 is 1.21 bits per heavy atom. The second-order valence-corrected chi connectivity index (χ2v) is 4.77. The van der Waals surface area contributed by atoms with E-state index in [1.54, 1.807) is 6.92 Å². The highest BCUT2D eigenvalue weighted by atomic mass is 16.5. The van der Waals surface area contributed by atoms with Gasteiger partial charge in [0.05, 0.1) is 0 Å². The number of nitrogens with one attached hydrogen (secondary N) is 1. The predicted octanol–water partition coefficient (Wildman–Crippen LogP) is 3.03. The van der Waals surface area contributed by atoms with Crippen LogP contribution >= 0.6 is 0 Å². The molecule has 3 nitrogen and oxygen atoms in total. The van der Waals surface area contributed by atoms with Crippen molar-refractivity contribution in [3.8, 4) is 5.75 Å². The van der Waals surface area contributed by atoms with E-state index in [0.717, 1.165) is 28.6 Å². The van der Waals surface area contributed by atoms with Crippen molar-refractivity contribution < 1.29 is 9.53 Å². The second-order valence-electron chi connectivity index (χ2n) is 4.77. The molecule has 0 saturated carbocycles. The molecule has 100 valence electrons. The van der Waals surface area contributed by atoms with Gasteiger partial charge >= 0.3 is 0 Å². The van der Waals surface area contributed by atoms with Crippen molar-refractivity contribution in [3.63, 3.8) is 0 Å².